The number of ether oxygens (including phenoxy) is 1. The fourth-order valence-electron chi connectivity index (χ4n) is 1.14. The molecule has 2 fully saturated rings. The van der Waals surface area contributed by atoms with Gasteiger partial charge in [0, 0.05) is 0 Å². The third-order valence-corrected chi connectivity index (χ3v) is 1.57. The minimum Gasteiger partial charge on any atom is -0.647 e. The Morgan fingerprint density at radius 2 is 2.44 bits per heavy atom. The van der Waals surface area contributed by atoms with E-state index in [0.717, 1.165) is 13.0 Å². The smallest absolute Gasteiger partial charge is 0.647 e. The average molecular weight is 253 g/mol. The van der Waals surface area contributed by atoms with Gasteiger partial charge in [0.1, 0.15) is 0 Å². The molecule has 2 rings (SSSR count). The molecule has 2 aliphatic rings. The average Bonchev–Trinajstić information content (AvgIpc) is 2.23. The van der Waals surface area contributed by atoms with Crippen LogP contribution >= 0.6 is 0 Å². The van der Waals surface area contributed by atoms with Gasteiger partial charge >= 0.3 is 41.3 Å². The molecule has 0 aliphatic carbocycles. The zero-order chi connectivity index (χ0) is 5.56. The van der Waals surface area contributed by atoms with Crippen LogP contribution < -0.4 is 0 Å². The van der Waals surface area contributed by atoms with Crippen molar-refractivity contribution < 1.29 is 50.8 Å². The van der Waals surface area contributed by atoms with E-state index < -0.39 is 0 Å². The molecule has 2 aliphatic heterocycles. The Morgan fingerprint density at radius 3 is 2.67 bits per heavy atom. The molecule has 4 heteroatoms. The van der Waals surface area contributed by atoms with Crippen LogP contribution in [0, 0.1) is 41.3 Å². The third kappa shape index (κ3) is 1.28. The molecular weight excluding hydrogens is 247 g/mol. The minimum absolute atomic E-state index is 0. The number of carbonyl (C=O) groups is 1. The first-order valence-corrected chi connectivity index (χ1v) is 2.73. The zero-order valence-corrected chi connectivity index (χ0v) is 8.61. The first-order chi connectivity index (χ1) is 3.86. The van der Waals surface area contributed by atoms with Crippen LogP contribution in [0.2, 0.25) is 0 Å². The standard InChI is InChI=1S/C5H6NO2.Pr/c7-5-4-1-3(8-5)2-6-4;/h3-4H,1-2H2;/q-1;+3. The molecule has 0 N–H and O–H groups in total. The van der Waals surface area contributed by atoms with Crippen molar-refractivity contribution in [3.8, 4) is 0 Å². The van der Waals surface area contributed by atoms with E-state index in [9.17, 15) is 4.79 Å². The number of hydrogen-bond donors (Lipinski definition) is 0. The van der Waals surface area contributed by atoms with Crippen LogP contribution in [0.1, 0.15) is 6.42 Å². The van der Waals surface area contributed by atoms with E-state index in [2.05, 4.69) is 5.32 Å². The SMILES string of the molecule is O=C1OC2C[N-]C1C2.[Pr+3]. The van der Waals surface area contributed by atoms with Crippen molar-refractivity contribution in [2.24, 2.45) is 0 Å². The molecule has 0 aromatic carbocycles. The van der Waals surface area contributed by atoms with Crippen LogP contribution in [0.4, 0.5) is 0 Å². The summed E-state index contributed by atoms with van der Waals surface area (Å²) in [5.41, 5.74) is 0. The molecule has 2 unspecified atom stereocenters. The van der Waals surface area contributed by atoms with Crippen LogP contribution in [0.3, 0.4) is 0 Å². The summed E-state index contributed by atoms with van der Waals surface area (Å²) in [7, 11) is 0. The van der Waals surface area contributed by atoms with Crippen molar-refractivity contribution in [2.75, 3.05) is 6.54 Å². The van der Waals surface area contributed by atoms with Gasteiger partial charge in [-0.05, 0) is 12.5 Å². The molecule has 9 heavy (non-hydrogen) atoms. The predicted octanol–water partition coefficient (Wildman–Crippen LogP) is 0.0578. The van der Waals surface area contributed by atoms with E-state index in [1.54, 1.807) is 0 Å². The first-order valence-electron chi connectivity index (χ1n) is 2.73. The Morgan fingerprint density at radius 1 is 1.67 bits per heavy atom. The Hall–Kier alpha value is 0.794. The predicted molar refractivity (Wildman–Crippen MR) is 26.5 cm³/mol. The number of fused-ring (bicyclic) bond motifs is 2. The van der Waals surface area contributed by atoms with Crippen LogP contribution in [-0.4, -0.2) is 24.7 Å². The molecule has 0 saturated carbocycles. The van der Waals surface area contributed by atoms with E-state index in [1.807, 2.05) is 0 Å². The van der Waals surface area contributed by atoms with Gasteiger partial charge in [0.2, 0.25) is 0 Å². The van der Waals surface area contributed by atoms with Crippen LogP contribution in [-0.2, 0) is 9.53 Å². The summed E-state index contributed by atoms with van der Waals surface area (Å²) in [5.74, 6) is -0.124. The molecule has 0 amide bonds. The molecule has 3 nitrogen and oxygen atoms in total. The Balaban J connectivity index is 0.000000405. The second kappa shape index (κ2) is 2.81. The number of hydrogen-bond acceptors (Lipinski definition) is 2. The van der Waals surface area contributed by atoms with Gasteiger partial charge in [-0.2, -0.15) is 0 Å². The quantitative estimate of drug-likeness (QED) is 0.572. The largest absolute Gasteiger partial charge is 3.00 e. The molecule has 0 aromatic rings. The second-order valence-electron chi connectivity index (χ2n) is 2.18. The summed E-state index contributed by atoms with van der Waals surface area (Å²) < 4.78 is 4.83. The molecule has 2 atom stereocenters. The van der Waals surface area contributed by atoms with Gasteiger partial charge in [-0.25, -0.2) is 0 Å². The number of rotatable bonds is 0. The van der Waals surface area contributed by atoms with Gasteiger partial charge in [-0.15, -0.1) is 6.54 Å². The van der Waals surface area contributed by atoms with E-state index in [4.69, 9.17) is 4.74 Å². The van der Waals surface area contributed by atoms with Crippen molar-refractivity contribution in [1.29, 1.82) is 0 Å². The van der Waals surface area contributed by atoms with Gasteiger partial charge in [-0.3, -0.25) is 4.79 Å². The second-order valence-corrected chi connectivity index (χ2v) is 2.18. The van der Waals surface area contributed by atoms with Gasteiger partial charge < -0.3 is 10.1 Å². The minimum atomic E-state index is -0.124. The van der Waals surface area contributed by atoms with Crippen molar-refractivity contribution in [3.63, 3.8) is 0 Å². The van der Waals surface area contributed by atoms with E-state index in [-0.39, 0.29) is 59.4 Å². The Labute approximate surface area is 86.5 Å². The fourth-order valence-corrected chi connectivity index (χ4v) is 1.14. The summed E-state index contributed by atoms with van der Waals surface area (Å²) in [6, 6.07) is -0.0972. The molecule has 2 bridgehead atoms. The molecule has 44 valence electrons. The van der Waals surface area contributed by atoms with E-state index >= 15 is 0 Å². The Bertz CT molecular complexity index is 139. The van der Waals surface area contributed by atoms with E-state index in [1.165, 1.54) is 0 Å². The molecule has 0 radical (unpaired) electrons. The van der Waals surface area contributed by atoms with Crippen molar-refractivity contribution in [3.05, 3.63) is 5.32 Å². The third-order valence-electron chi connectivity index (χ3n) is 1.57. The molecule has 0 spiro atoms. The van der Waals surface area contributed by atoms with Gasteiger partial charge in [-0.1, -0.05) is 0 Å². The molecule has 0 aromatic heterocycles. The first kappa shape index (κ1) is 7.90. The maximum Gasteiger partial charge on any atom is 3.00 e. The summed E-state index contributed by atoms with van der Waals surface area (Å²) in [4.78, 5) is 10.5. The number of esters is 1. The van der Waals surface area contributed by atoms with E-state index in [0.29, 0.717) is 0 Å². The maximum atomic E-state index is 10.5. The van der Waals surface area contributed by atoms with Gasteiger partial charge in [0.05, 0.1) is 6.10 Å². The molecule has 2 heterocycles. The normalized spacial score (nSPS) is 38.0. The molecular formula is C5H6NO2Pr+2. The maximum absolute atomic E-state index is 10.5. The summed E-state index contributed by atoms with van der Waals surface area (Å²) in [6.07, 6.45) is 0.964. The summed E-state index contributed by atoms with van der Waals surface area (Å²) in [5, 5.41) is 4.01. The van der Waals surface area contributed by atoms with Crippen molar-refractivity contribution in [2.45, 2.75) is 18.6 Å². The topological polar surface area (TPSA) is 40.4 Å². The van der Waals surface area contributed by atoms with Crippen LogP contribution in [0.5, 0.6) is 0 Å². The fraction of sp³-hybridized carbons (Fsp3) is 0.800. The zero-order valence-electron chi connectivity index (χ0n) is 4.91. The molecule has 2 saturated heterocycles. The Kier molecular flexibility index (Phi) is 2.46. The summed E-state index contributed by atoms with van der Waals surface area (Å²) in [6.45, 7) is 0.733. The monoisotopic (exact) mass is 253 g/mol. The van der Waals surface area contributed by atoms with Crippen LogP contribution in [0.25, 0.3) is 5.32 Å². The number of nitrogens with zero attached hydrogens (tertiary/aromatic N) is 1. The summed E-state index contributed by atoms with van der Waals surface area (Å²) >= 11 is 0. The van der Waals surface area contributed by atoms with Gasteiger partial charge in [0.15, 0.2) is 0 Å². The van der Waals surface area contributed by atoms with Gasteiger partial charge in [0.25, 0.3) is 5.97 Å². The number of morpholine rings is 1. The van der Waals surface area contributed by atoms with Crippen molar-refractivity contribution >= 4 is 5.97 Å². The van der Waals surface area contributed by atoms with Crippen molar-refractivity contribution in [1.82, 2.24) is 0 Å². The van der Waals surface area contributed by atoms with Crippen LogP contribution in [0.15, 0.2) is 0 Å². The number of carbonyl (C=O) groups excluding carboxylic acids is 1.